The summed E-state index contributed by atoms with van der Waals surface area (Å²) in [6.07, 6.45) is 2.21. The van der Waals surface area contributed by atoms with Crippen LogP contribution in [-0.2, 0) is 0 Å². The van der Waals surface area contributed by atoms with E-state index >= 15 is 0 Å². The Kier molecular flexibility index (Phi) is 1.84. The van der Waals surface area contributed by atoms with Crippen LogP contribution in [0.4, 0.5) is 0 Å². The van der Waals surface area contributed by atoms with Crippen molar-refractivity contribution in [2.24, 2.45) is 0 Å². The third-order valence-electron chi connectivity index (χ3n) is 3.58. The van der Waals surface area contributed by atoms with Gasteiger partial charge in [0, 0.05) is 18.0 Å². The maximum atomic E-state index is 6.11. The molecule has 2 bridgehead atoms. The van der Waals surface area contributed by atoms with Crippen molar-refractivity contribution in [2.75, 3.05) is 6.54 Å². The van der Waals surface area contributed by atoms with Gasteiger partial charge in [0.2, 0.25) is 0 Å². The summed E-state index contributed by atoms with van der Waals surface area (Å²) in [5.74, 6) is 1.08. The molecule has 15 heavy (non-hydrogen) atoms. The van der Waals surface area contributed by atoms with Gasteiger partial charge in [-0.25, -0.2) is 0 Å². The minimum absolute atomic E-state index is 0.0537. The van der Waals surface area contributed by atoms with Crippen LogP contribution < -0.4 is 10.1 Å². The fraction of sp³-hybridized carbons (Fsp3) is 0.538. The van der Waals surface area contributed by atoms with Crippen LogP contribution in [0, 0.1) is 6.92 Å². The second-order valence-corrected chi connectivity index (χ2v) is 5.05. The van der Waals surface area contributed by atoms with E-state index in [1.165, 1.54) is 11.1 Å². The van der Waals surface area contributed by atoms with Crippen molar-refractivity contribution < 1.29 is 4.74 Å². The van der Waals surface area contributed by atoms with Crippen LogP contribution in [0.2, 0.25) is 0 Å². The van der Waals surface area contributed by atoms with Gasteiger partial charge in [-0.3, -0.25) is 0 Å². The lowest BCUT2D eigenvalue weighted by atomic mass is 9.83. The average molecular weight is 203 g/mol. The van der Waals surface area contributed by atoms with E-state index in [0.29, 0.717) is 6.04 Å². The molecule has 0 amide bonds. The quantitative estimate of drug-likeness (QED) is 0.699. The lowest BCUT2D eigenvalue weighted by Crippen LogP contribution is -2.48. The highest BCUT2D eigenvalue weighted by molar-refractivity contribution is 5.42. The molecule has 2 aliphatic heterocycles. The molecule has 1 N–H and O–H groups in total. The van der Waals surface area contributed by atoms with Crippen molar-refractivity contribution in [1.29, 1.82) is 0 Å². The second-order valence-electron chi connectivity index (χ2n) is 5.05. The maximum Gasteiger partial charge on any atom is 0.124 e. The lowest BCUT2D eigenvalue weighted by Gasteiger charge is -2.44. The minimum Gasteiger partial charge on any atom is -0.487 e. The largest absolute Gasteiger partial charge is 0.487 e. The first-order valence-corrected chi connectivity index (χ1v) is 5.69. The smallest absolute Gasteiger partial charge is 0.124 e. The van der Waals surface area contributed by atoms with E-state index in [9.17, 15) is 0 Å². The molecule has 1 fully saturated rings. The summed E-state index contributed by atoms with van der Waals surface area (Å²) < 4.78 is 6.11. The van der Waals surface area contributed by atoms with E-state index in [-0.39, 0.29) is 5.60 Å². The summed E-state index contributed by atoms with van der Waals surface area (Å²) >= 11 is 0. The van der Waals surface area contributed by atoms with Crippen molar-refractivity contribution in [3.63, 3.8) is 0 Å². The fourth-order valence-corrected chi connectivity index (χ4v) is 2.73. The molecular weight excluding hydrogens is 186 g/mol. The zero-order valence-electron chi connectivity index (χ0n) is 9.34. The zero-order valence-corrected chi connectivity index (χ0v) is 9.34. The Morgan fingerprint density at radius 2 is 2.33 bits per heavy atom. The predicted molar refractivity (Wildman–Crippen MR) is 60.2 cm³/mol. The minimum atomic E-state index is 0.0537. The van der Waals surface area contributed by atoms with Gasteiger partial charge in [0.1, 0.15) is 11.4 Å². The molecule has 0 saturated carbocycles. The topological polar surface area (TPSA) is 21.3 Å². The van der Waals surface area contributed by atoms with Crippen LogP contribution in [0.1, 0.15) is 36.9 Å². The van der Waals surface area contributed by atoms with Crippen LogP contribution in [0.15, 0.2) is 18.2 Å². The molecule has 2 heteroatoms. The number of piperidine rings is 1. The Morgan fingerprint density at radius 1 is 1.47 bits per heavy atom. The highest BCUT2D eigenvalue weighted by Crippen LogP contribution is 2.43. The molecule has 2 heterocycles. The molecule has 2 nitrogen and oxygen atoms in total. The van der Waals surface area contributed by atoms with Gasteiger partial charge in [-0.15, -0.1) is 0 Å². The van der Waals surface area contributed by atoms with Crippen molar-refractivity contribution in [3.05, 3.63) is 29.3 Å². The van der Waals surface area contributed by atoms with Crippen LogP contribution in [-0.4, -0.2) is 12.1 Å². The summed E-state index contributed by atoms with van der Waals surface area (Å²) in [5, 5.41) is 3.58. The molecule has 3 rings (SSSR count). The molecule has 2 unspecified atom stereocenters. The summed E-state index contributed by atoms with van der Waals surface area (Å²) in [6.45, 7) is 5.43. The Labute approximate surface area is 90.6 Å². The van der Waals surface area contributed by atoms with Gasteiger partial charge in [-0.05, 0) is 32.9 Å². The van der Waals surface area contributed by atoms with Crippen LogP contribution in [0.5, 0.6) is 5.75 Å². The first-order chi connectivity index (χ1) is 7.16. The predicted octanol–water partition coefficient (Wildman–Crippen LogP) is 2.57. The fourth-order valence-electron chi connectivity index (χ4n) is 2.73. The lowest BCUT2D eigenvalue weighted by molar-refractivity contribution is 0.0186. The highest BCUT2D eigenvalue weighted by atomic mass is 16.5. The van der Waals surface area contributed by atoms with Gasteiger partial charge >= 0.3 is 0 Å². The maximum absolute atomic E-state index is 6.11. The van der Waals surface area contributed by atoms with Gasteiger partial charge in [0.25, 0.3) is 0 Å². The number of nitrogens with one attached hydrogen (secondary N) is 1. The van der Waals surface area contributed by atoms with Gasteiger partial charge < -0.3 is 10.1 Å². The molecule has 1 aromatic rings. The average Bonchev–Trinajstić information content (AvgIpc) is 2.19. The Hall–Kier alpha value is -1.02. The zero-order chi connectivity index (χ0) is 10.5. The van der Waals surface area contributed by atoms with E-state index in [1.54, 1.807) is 0 Å². The van der Waals surface area contributed by atoms with E-state index in [4.69, 9.17) is 4.74 Å². The van der Waals surface area contributed by atoms with E-state index in [2.05, 4.69) is 37.4 Å². The monoisotopic (exact) mass is 203 g/mol. The molecule has 2 aliphatic rings. The third-order valence-corrected chi connectivity index (χ3v) is 3.58. The first-order valence-electron chi connectivity index (χ1n) is 5.69. The number of ether oxygens (including phenoxy) is 1. The number of benzene rings is 1. The second kappa shape index (κ2) is 2.99. The van der Waals surface area contributed by atoms with Gasteiger partial charge in [0.15, 0.2) is 0 Å². The van der Waals surface area contributed by atoms with Crippen molar-refractivity contribution in [3.8, 4) is 5.75 Å². The molecular formula is C13H17NO. The Bertz CT molecular complexity index is 402. The van der Waals surface area contributed by atoms with E-state index < -0.39 is 0 Å². The molecule has 80 valence electrons. The van der Waals surface area contributed by atoms with Crippen LogP contribution in [0.25, 0.3) is 0 Å². The van der Waals surface area contributed by atoms with Crippen molar-refractivity contribution in [2.45, 2.75) is 38.3 Å². The number of hydrogen-bond donors (Lipinski definition) is 1. The molecule has 0 aliphatic carbocycles. The summed E-state index contributed by atoms with van der Waals surface area (Å²) in [4.78, 5) is 0. The molecule has 0 aromatic heterocycles. The summed E-state index contributed by atoms with van der Waals surface area (Å²) in [6, 6.07) is 6.98. The number of aryl methyl sites for hydroxylation is 1. The molecule has 0 spiro atoms. The van der Waals surface area contributed by atoms with Crippen LogP contribution >= 0.6 is 0 Å². The molecule has 1 aromatic carbocycles. The molecule has 1 saturated heterocycles. The third kappa shape index (κ3) is 1.44. The van der Waals surface area contributed by atoms with Crippen molar-refractivity contribution >= 4 is 0 Å². The summed E-state index contributed by atoms with van der Waals surface area (Å²) in [7, 11) is 0. The normalized spacial score (nSPS) is 33.1. The summed E-state index contributed by atoms with van der Waals surface area (Å²) in [5.41, 5.74) is 2.71. The van der Waals surface area contributed by atoms with Gasteiger partial charge in [0.05, 0.1) is 0 Å². The number of rotatable bonds is 0. The highest BCUT2D eigenvalue weighted by Gasteiger charge is 2.39. The van der Waals surface area contributed by atoms with E-state index in [1.807, 2.05) is 0 Å². The molecule has 0 radical (unpaired) electrons. The van der Waals surface area contributed by atoms with E-state index in [0.717, 1.165) is 25.1 Å². The number of hydrogen-bond acceptors (Lipinski definition) is 2. The van der Waals surface area contributed by atoms with Gasteiger partial charge in [-0.1, -0.05) is 17.7 Å². The first kappa shape index (κ1) is 9.22. The molecule has 2 atom stereocenters. The van der Waals surface area contributed by atoms with Crippen LogP contribution in [0.3, 0.4) is 0 Å². The van der Waals surface area contributed by atoms with Crippen molar-refractivity contribution in [1.82, 2.24) is 5.32 Å². The Morgan fingerprint density at radius 3 is 3.20 bits per heavy atom. The number of fused-ring (bicyclic) bond motifs is 4. The SMILES string of the molecule is Cc1ccc2c(c1)C1CC(C)(CCN1)O2. The standard InChI is InChI=1S/C13H17NO/c1-9-3-4-12-10(7-9)11-8-13(2,15-12)5-6-14-11/h3-4,7,11,14H,5-6,8H2,1-2H3. The Balaban J connectivity index is 2.09. The van der Waals surface area contributed by atoms with Gasteiger partial charge in [-0.2, -0.15) is 0 Å².